The van der Waals surface area contributed by atoms with E-state index in [0.717, 1.165) is 24.2 Å². The summed E-state index contributed by atoms with van der Waals surface area (Å²) >= 11 is 0. The summed E-state index contributed by atoms with van der Waals surface area (Å²) in [4.78, 5) is 0. The molecule has 0 spiro atoms. The molecular formula is C17H18FNO. The average Bonchev–Trinajstić information content (AvgIpc) is 2.85. The third-order valence-electron chi connectivity index (χ3n) is 3.67. The third-order valence-corrected chi connectivity index (χ3v) is 3.67. The SMILES string of the molecule is NCCc1cc(F)cc(Oc2ccc3c(c2)CCC3)c1. The third kappa shape index (κ3) is 2.83. The standard InChI is InChI=1S/C17H18FNO/c18-15-8-12(6-7-19)9-17(11-15)20-16-5-4-13-2-1-3-14(13)10-16/h4-5,8-11H,1-3,6-7,19H2. The minimum Gasteiger partial charge on any atom is -0.457 e. The van der Waals surface area contributed by atoms with Crippen LogP contribution in [0.5, 0.6) is 11.5 Å². The van der Waals surface area contributed by atoms with Gasteiger partial charge in [0.1, 0.15) is 17.3 Å². The first kappa shape index (κ1) is 13.1. The first-order chi connectivity index (χ1) is 9.74. The van der Waals surface area contributed by atoms with Crippen LogP contribution in [0, 0.1) is 5.82 Å². The molecule has 20 heavy (non-hydrogen) atoms. The summed E-state index contributed by atoms with van der Waals surface area (Å²) in [6, 6.07) is 10.9. The highest BCUT2D eigenvalue weighted by molar-refractivity contribution is 5.41. The normalized spacial score (nSPS) is 13.3. The number of aryl methyl sites for hydroxylation is 2. The van der Waals surface area contributed by atoms with E-state index < -0.39 is 0 Å². The maximum Gasteiger partial charge on any atom is 0.130 e. The molecule has 1 aliphatic carbocycles. The average molecular weight is 271 g/mol. The number of fused-ring (bicyclic) bond motifs is 1. The first-order valence-electron chi connectivity index (χ1n) is 7.04. The Labute approximate surface area is 118 Å². The van der Waals surface area contributed by atoms with Gasteiger partial charge in [-0.05, 0) is 73.2 Å². The van der Waals surface area contributed by atoms with Crippen molar-refractivity contribution in [2.75, 3.05) is 6.54 Å². The number of benzene rings is 2. The van der Waals surface area contributed by atoms with Gasteiger partial charge in [-0.3, -0.25) is 0 Å². The molecule has 2 aromatic carbocycles. The van der Waals surface area contributed by atoms with Crippen LogP contribution in [0.1, 0.15) is 23.1 Å². The molecule has 3 rings (SSSR count). The molecule has 0 fully saturated rings. The molecular weight excluding hydrogens is 253 g/mol. The van der Waals surface area contributed by atoms with E-state index in [1.807, 2.05) is 12.1 Å². The smallest absolute Gasteiger partial charge is 0.130 e. The summed E-state index contributed by atoms with van der Waals surface area (Å²) in [5.41, 5.74) is 9.13. The number of rotatable bonds is 4. The van der Waals surface area contributed by atoms with E-state index in [-0.39, 0.29) is 5.82 Å². The van der Waals surface area contributed by atoms with Crippen LogP contribution in [0.2, 0.25) is 0 Å². The molecule has 3 heteroatoms. The summed E-state index contributed by atoms with van der Waals surface area (Å²) < 4.78 is 19.3. The quantitative estimate of drug-likeness (QED) is 0.922. The molecule has 0 saturated heterocycles. The number of ether oxygens (including phenoxy) is 1. The van der Waals surface area contributed by atoms with Crippen molar-refractivity contribution in [3.05, 3.63) is 58.9 Å². The van der Waals surface area contributed by atoms with Crippen molar-refractivity contribution in [2.24, 2.45) is 5.73 Å². The fraction of sp³-hybridized carbons (Fsp3) is 0.294. The van der Waals surface area contributed by atoms with Crippen LogP contribution in [-0.4, -0.2) is 6.54 Å². The van der Waals surface area contributed by atoms with Gasteiger partial charge in [0.15, 0.2) is 0 Å². The second kappa shape index (κ2) is 5.63. The van der Waals surface area contributed by atoms with Crippen molar-refractivity contribution < 1.29 is 9.13 Å². The van der Waals surface area contributed by atoms with Gasteiger partial charge in [-0.2, -0.15) is 0 Å². The lowest BCUT2D eigenvalue weighted by Gasteiger charge is -2.09. The molecule has 0 heterocycles. The molecule has 0 aromatic heterocycles. The van der Waals surface area contributed by atoms with Gasteiger partial charge in [-0.1, -0.05) is 6.07 Å². The Bertz CT molecular complexity index is 624. The zero-order valence-electron chi connectivity index (χ0n) is 11.4. The second-order valence-corrected chi connectivity index (χ2v) is 5.22. The Balaban J connectivity index is 1.83. The van der Waals surface area contributed by atoms with Gasteiger partial charge in [0, 0.05) is 6.07 Å². The molecule has 1 aliphatic rings. The number of hydrogen-bond acceptors (Lipinski definition) is 2. The minimum absolute atomic E-state index is 0.285. The van der Waals surface area contributed by atoms with E-state index in [1.54, 1.807) is 0 Å². The van der Waals surface area contributed by atoms with E-state index >= 15 is 0 Å². The zero-order chi connectivity index (χ0) is 13.9. The molecule has 104 valence electrons. The predicted molar refractivity (Wildman–Crippen MR) is 77.7 cm³/mol. The summed E-state index contributed by atoms with van der Waals surface area (Å²) in [6.07, 6.45) is 4.11. The molecule has 0 amide bonds. The summed E-state index contributed by atoms with van der Waals surface area (Å²) in [6.45, 7) is 0.502. The van der Waals surface area contributed by atoms with Crippen LogP contribution >= 0.6 is 0 Å². The monoisotopic (exact) mass is 271 g/mol. The van der Waals surface area contributed by atoms with Gasteiger partial charge in [0.2, 0.25) is 0 Å². The highest BCUT2D eigenvalue weighted by atomic mass is 19.1. The van der Waals surface area contributed by atoms with E-state index in [0.29, 0.717) is 18.7 Å². The highest BCUT2D eigenvalue weighted by Gasteiger charge is 2.12. The van der Waals surface area contributed by atoms with Gasteiger partial charge in [-0.25, -0.2) is 4.39 Å². The lowest BCUT2D eigenvalue weighted by molar-refractivity contribution is 0.475. The number of nitrogens with two attached hydrogens (primary N) is 1. The van der Waals surface area contributed by atoms with Gasteiger partial charge < -0.3 is 10.5 Å². The predicted octanol–water partition coefficient (Wildman–Crippen LogP) is 3.61. The van der Waals surface area contributed by atoms with Crippen LogP contribution in [0.15, 0.2) is 36.4 Å². The molecule has 0 radical (unpaired) electrons. The van der Waals surface area contributed by atoms with E-state index in [2.05, 4.69) is 12.1 Å². The maximum atomic E-state index is 13.6. The molecule has 2 N–H and O–H groups in total. The van der Waals surface area contributed by atoms with Crippen molar-refractivity contribution in [2.45, 2.75) is 25.7 Å². The van der Waals surface area contributed by atoms with Crippen molar-refractivity contribution in [3.63, 3.8) is 0 Å². The fourth-order valence-electron chi connectivity index (χ4n) is 2.74. The Morgan fingerprint density at radius 2 is 1.85 bits per heavy atom. The Hall–Kier alpha value is -1.87. The topological polar surface area (TPSA) is 35.2 Å². The van der Waals surface area contributed by atoms with Gasteiger partial charge in [0.25, 0.3) is 0 Å². The molecule has 2 aromatic rings. The van der Waals surface area contributed by atoms with Crippen molar-refractivity contribution in [3.8, 4) is 11.5 Å². The molecule has 0 saturated carbocycles. The van der Waals surface area contributed by atoms with Crippen LogP contribution in [0.3, 0.4) is 0 Å². The first-order valence-corrected chi connectivity index (χ1v) is 7.04. The molecule has 0 unspecified atom stereocenters. The summed E-state index contributed by atoms with van der Waals surface area (Å²) in [5.74, 6) is 1.02. The summed E-state index contributed by atoms with van der Waals surface area (Å²) in [7, 11) is 0. The highest BCUT2D eigenvalue weighted by Crippen LogP contribution is 2.29. The Morgan fingerprint density at radius 3 is 2.70 bits per heavy atom. The molecule has 2 nitrogen and oxygen atoms in total. The van der Waals surface area contributed by atoms with Gasteiger partial charge in [-0.15, -0.1) is 0 Å². The maximum absolute atomic E-state index is 13.6. The molecule has 0 bridgehead atoms. The van der Waals surface area contributed by atoms with Crippen LogP contribution < -0.4 is 10.5 Å². The van der Waals surface area contributed by atoms with E-state index in [9.17, 15) is 4.39 Å². The Morgan fingerprint density at radius 1 is 1.00 bits per heavy atom. The van der Waals surface area contributed by atoms with Crippen LogP contribution in [0.25, 0.3) is 0 Å². The van der Waals surface area contributed by atoms with Crippen LogP contribution in [0.4, 0.5) is 4.39 Å². The van der Waals surface area contributed by atoms with Crippen molar-refractivity contribution >= 4 is 0 Å². The largest absolute Gasteiger partial charge is 0.457 e. The van der Waals surface area contributed by atoms with Gasteiger partial charge in [0.05, 0.1) is 0 Å². The number of halogens is 1. The lowest BCUT2D eigenvalue weighted by atomic mass is 10.1. The zero-order valence-corrected chi connectivity index (χ0v) is 11.4. The van der Waals surface area contributed by atoms with Crippen molar-refractivity contribution in [1.29, 1.82) is 0 Å². The van der Waals surface area contributed by atoms with Gasteiger partial charge >= 0.3 is 0 Å². The fourth-order valence-corrected chi connectivity index (χ4v) is 2.74. The molecule has 0 atom stereocenters. The summed E-state index contributed by atoms with van der Waals surface area (Å²) in [5, 5.41) is 0. The number of hydrogen-bond donors (Lipinski definition) is 1. The van der Waals surface area contributed by atoms with Crippen molar-refractivity contribution in [1.82, 2.24) is 0 Å². The Kier molecular flexibility index (Phi) is 3.70. The van der Waals surface area contributed by atoms with E-state index in [4.69, 9.17) is 10.5 Å². The lowest BCUT2D eigenvalue weighted by Crippen LogP contribution is -2.03. The van der Waals surface area contributed by atoms with E-state index in [1.165, 1.54) is 29.7 Å². The minimum atomic E-state index is -0.285. The second-order valence-electron chi connectivity index (χ2n) is 5.22. The van der Waals surface area contributed by atoms with Crippen LogP contribution in [-0.2, 0) is 19.3 Å². The molecule has 0 aliphatic heterocycles.